The van der Waals surface area contributed by atoms with Crippen LogP contribution in [0.15, 0.2) is 36.4 Å². The standard InChI is InChI=1S/C12H17N/c1-4-6-11(3)13-12-8-5-7-10(2)9-12/h4-9,11,13H,1-3H3. The molecule has 1 aromatic rings. The predicted molar refractivity (Wildman–Crippen MR) is 59.1 cm³/mol. The molecule has 1 aromatic carbocycles. The Kier molecular flexibility index (Phi) is 3.56. The molecule has 0 radical (unpaired) electrons. The Balaban J connectivity index is 2.63. The highest BCUT2D eigenvalue weighted by atomic mass is 14.9. The van der Waals surface area contributed by atoms with Gasteiger partial charge in [0.05, 0.1) is 0 Å². The molecule has 0 aliphatic rings. The normalized spacial score (nSPS) is 13.2. The van der Waals surface area contributed by atoms with E-state index in [1.54, 1.807) is 0 Å². The van der Waals surface area contributed by atoms with Crippen molar-refractivity contribution in [2.24, 2.45) is 0 Å². The molecule has 0 spiro atoms. The second kappa shape index (κ2) is 4.70. The van der Waals surface area contributed by atoms with Gasteiger partial charge in [-0.25, -0.2) is 0 Å². The van der Waals surface area contributed by atoms with E-state index in [9.17, 15) is 0 Å². The van der Waals surface area contributed by atoms with Gasteiger partial charge in [-0.1, -0.05) is 24.3 Å². The summed E-state index contributed by atoms with van der Waals surface area (Å²) in [5, 5.41) is 3.40. The van der Waals surface area contributed by atoms with Gasteiger partial charge in [-0.05, 0) is 38.5 Å². The first-order valence-corrected chi connectivity index (χ1v) is 4.68. The van der Waals surface area contributed by atoms with Gasteiger partial charge >= 0.3 is 0 Å². The van der Waals surface area contributed by atoms with Gasteiger partial charge < -0.3 is 5.32 Å². The van der Waals surface area contributed by atoms with Gasteiger partial charge in [0.1, 0.15) is 0 Å². The summed E-state index contributed by atoms with van der Waals surface area (Å²) in [7, 11) is 0. The van der Waals surface area contributed by atoms with Crippen molar-refractivity contribution in [1.82, 2.24) is 0 Å². The summed E-state index contributed by atoms with van der Waals surface area (Å²) in [4.78, 5) is 0. The summed E-state index contributed by atoms with van der Waals surface area (Å²) >= 11 is 0. The summed E-state index contributed by atoms with van der Waals surface area (Å²) in [6, 6.07) is 8.81. The molecule has 0 aliphatic carbocycles. The summed E-state index contributed by atoms with van der Waals surface area (Å²) in [5.74, 6) is 0. The maximum atomic E-state index is 3.40. The van der Waals surface area contributed by atoms with E-state index in [4.69, 9.17) is 0 Å². The molecule has 0 saturated heterocycles. The summed E-state index contributed by atoms with van der Waals surface area (Å²) < 4.78 is 0. The lowest BCUT2D eigenvalue weighted by Gasteiger charge is -2.11. The highest BCUT2D eigenvalue weighted by Crippen LogP contribution is 2.10. The average molecular weight is 175 g/mol. The van der Waals surface area contributed by atoms with E-state index in [0.717, 1.165) is 0 Å². The van der Waals surface area contributed by atoms with E-state index in [0.29, 0.717) is 6.04 Å². The van der Waals surface area contributed by atoms with Gasteiger partial charge in [-0.3, -0.25) is 0 Å². The first kappa shape index (κ1) is 9.85. The van der Waals surface area contributed by atoms with Crippen LogP contribution in [0.2, 0.25) is 0 Å². The average Bonchev–Trinajstić information content (AvgIpc) is 2.04. The third-order valence-electron chi connectivity index (χ3n) is 1.89. The van der Waals surface area contributed by atoms with E-state index < -0.39 is 0 Å². The molecule has 0 aliphatic heterocycles. The van der Waals surface area contributed by atoms with Crippen LogP contribution in [0.5, 0.6) is 0 Å². The molecular weight excluding hydrogens is 158 g/mol. The van der Waals surface area contributed by atoms with Crippen LogP contribution in [-0.2, 0) is 0 Å². The molecule has 1 nitrogen and oxygen atoms in total. The summed E-state index contributed by atoms with van der Waals surface area (Å²) in [6.45, 7) is 6.28. The molecular formula is C12H17N. The molecule has 0 amide bonds. The van der Waals surface area contributed by atoms with Crippen LogP contribution in [0, 0.1) is 6.92 Å². The fraction of sp³-hybridized carbons (Fsp3) is 0.333. The van der Waals surface area contributed by atoms with Gasteiger partial charge in [0.15, 0.2) is 0 Å². The van der Waals surface area contributed by atoms with Crippen molar-refractivity contribution in [1.29, 1.82) is 0 Å². The van der Waals surface area contributed by atoms with Gasteiger partial charge in [0, 0.05) is 11.7 Å². The molecule has 0 aromatic heterocycles. The maximum absolute atomic E-state index is 3.40. The molecule has 1 atom stereocenters. The second-order valence-electron chi connectivity index (χ2n) is 3.33. The quantitative estimate of drug-likeness (QED) is 0.694. The number of allylic oxidation sites excluding steroid dienone is 1. The van der Waals surface area contributed by atoms with E-state index in [-0.39, 0.29) is 0 Å². The second-order valence-corrected chi connectivity index (χ2v) is 3.33. The molecule has 0 saturated carbocycles. The van der Waals surface area contributed by atoms with Crippen LogP contribution in [0.3, 0.4) is 0 Å². The minimum Gasteiger partial charge on any atom is -0.379 e. The van der Waals surface area contributed by atoms with Gasteiger partial charge in [-0.15, -0.1) is 0 Å². The number of benzene rings is 1. The molecule has 13 heavy (non-hydrogen) atoms. The highest BCUT2D eigenvalue weighted by molar-refractivity contribution is 5.46. The third-order valence-corrected chi connectivity index (χ3v) is 1.89. The van der Waals surface area contributed by atoms with E-state index in [1.165, 1.54) is 11.3 Å². The van der Waals surface area contributed by atoms with Gasteiger partial charge in [0.25, 0.3) is 0 Å². The van der Waals surface area contributed by atoms with Crippen LogP contribution < -0.4 is 5.32 Å². The maximum Gasteiger partial charge on any atom is 0.0416 e. The number of anilines is 1. The fourth-order valence-corrected chi connectivity index (χ4v) is 1.33. The lowest BCUT2D eigenvalue weighted by atomic mass is 10.2. The van der Waals surface area contributed by atoms with Crippen molar-refractivity contribution in [3.8, 4) is 0 Å². The Morgan fingerprint density at radius 3 is 2.77 bits per heavy atom. The first-order chi connectivity index (χ1) is 6.22. The molecule has 1 N–H and O–H groups in total. The van der Waals surface area contributed by atoms with E-state index in [1.807, 2.05) is 6.92 Å². The first-order valence-electron chi connectivity index (χ1n) is 4.68. The zero-order valence-electron chi connectivity index (χ0n) is 8.54. The van der Waals surface area contributed by atoms with E-state index in [2.05, 4.69) is 55.6 Å². The van der Waals surface area contributed by atoms with Gasteiger partial charge in [-0.2, -0.15) is 0 Å². The number of hydrogen-bond acceptors (Lipinski definition) is 1. The van der Waals surface area contributed by atoms with E-state index >= 15 is 0 Å². The number of hydrogen-bond donors (Lipinski definition) is 1. The lowest BCUT2D eigenvalue weighted by Crippen LogP contribution is -2.11. The monoisotopic (exact) mass is 175 g/mol. The molecule has 0 heterocycles. The topological polar surface area (TPSA) is 12.0 Å². The third kappa shape index (κ3) is 3.32. The van der Waals surface area contributed by atoms with Crippen LogP contribution >= 0.6 is 0 Å². The number of rotatable bonds is 3. The molecule has 70 valence electrons. The zero-order valence-corrected chi connectivity index (χ0v) is 8.54. The van der Waals surface area contributed by atoms with Crippen molar-refractivity contribution in [2.45, 2.75) is 26.8 Å². The summed E-state index contributed by atoms with van der Waals surface area (Å²) in [6.07, 6.45) is 4.20. The molecule has 1 heteroatoms. The Morgan fingerprint density at radius 2 is 2.15 bits per heavy atom. The van der Waals surface area contributed by atoms with Crippen LogP contribution in [0.1, 0.15) is 19.4 Å². The van der Waals surface area contributed by atoms with Crippen molar-refractivity contribution >= 4 is 5.69 Å². The zero-order chi connectivity index (χ0) is 9.68. The molecule has 1 unspecified atom stereocenters. The minimum absolute atomic E-state index is 0.395. The van der Waals surface area contributed by atoms with Gasteiger partial charge in [0.2, 0.25) is 0 Å². The van der Waals surface area contributed by atoms with Crippen LogP contribution in [0.25, 0.3) is 0 Å². The predicted octanol–water partition coefficient (Wildman–Crippen LogP) is 3.37. The minimum atomic E-state index is 0.395. The fourth-order valence-electron chi connectivity index (χ4n) is 1.33. The summed E-state index contributed by atoms with van der Waals surface area (Å²) in [5.41, 5.74) is 2.48. The van der Waals surface area contributed by atoms with Crippen LogP contribution in [-0.4, -0.2) is 6.04 Å². The Hall–Kier alpha value is -1.24. The molecule has 0 fully saturated rings. The lowest BCUT2D eigenvalue weighted by molar-refractivity contribution is 0.995. The van der Waals surface area contributed by atoms with Crippen molar-refractivity contribution in [2.75, 3.05) is 5.32 Å². The molecule has 1 rings (SSSR count). The van der Waals surface area contributed by atoms with Crippen LogP contribution in [0.4, 0.5) is 5.69 Å². The molecule has 0 bridgehead atoms. The number of aryl methyl sites for hydroxylation is 1. The van der Waals surface area contributed by atoms with Crippen molar-refractivity contribution < 1.29 is 0 Å². The highest BCUT2D eigenvalue weighted by Gasteiger charge is 1.95. The van der Waals surface area contributed by atoms with Crippen molar-refractivity contribution in [3.63, 3.8) is 0 Å². The number of nitrogens with one attached hydrogen (secondary N) is 1. The smallest absolute Gasteiger partial charge is 0.0416 e. The Morgan fingerprint density at radius 1 is 1.38 bits per heavy atom. The SMILES string of the molecule is CC=CC(C)Nc1cccc(C)c1. The van der Waals surface area contributed by atoms with Crippen molar-refractivity contribution in [3.05, 3.63) is 42.0 Å². The Labute approximate surface area is 80.5 Å². The largest absolute Gasteiger partial charge is 0.379 e. The Bertz CT molecular complexity index is 289.